The Bertz CT molecular complexity index is 389. The lowest BCUT2D eigenvalue weighted by atomic mass is 10.0. The van der Waals surface area contributed by atoms with Gasteiger partial charge in [0.2, 0.25) is 0 Å². The second-order valence-corrected chi connectivity index (χ2v) is 4.66. The lowest BCUT2D eigenvalue weighted by molar-refractivity contribution is -0.384. The van der Waals surface area contributed by atoms with Crippen LogP contribution < -0.4 is 5.32 Å². The molecular formula is C14H22N2O2. The van der Waals surface area contributed by atoms with Crippen LogP contribution in [0.3, 0.4) is 0 Å². The van der Waals surface area contributed by atoms with E-state index in [2.05, 4.69) is 19.2 Å². The van der Waals surface area contributed by atoms with Crippen molar-refractivity contribution in [2.75, 3.05) is 6.54 Å². The molecule has 0 spiro atoms. The first-order valence-electron chi connectivity index (χ1n) is 6.56. The minimum absolute atomic E-state index is 0.144. The lowest BCUT2D eigenvalue weighted by Gasteiger charge is -2.18. The maximum atomic E-state index is 10.7. The summed E-state index contributed by atoms with van der Waals surface area (Å²) in [5, 5.41) is 14.2. The van der Waals surface area contributed by atoms with Crippen molar-refractivity contribution in [2.45, 2.75) is 39.7 Å². The molecule has 1 aromatic rings. The molecule has 1 atom stereocenters. The predicted molar refractivity (Wildman–Crippen MR) is 73.6 cm³/mol. The van der Waals surface area contributed by atoms with Crippen LogP contribution in [0.15, 0.2) is 24.3 Å². The molecule has 1 aromatic carbocycles. The van der Waals surface area contributed by atoms with Gasteiger partial charge in [-0.25, -0.2) is 0 Å². The zero-order valence-corrected chi connectivity index (χ0v) is 11.3. The number of hydrogen-bond acceptors (Lipinski definition) is 3. The van der Waals surface area contributed by atoms with E-state index >= 15 is 0 Å². The predicted octanol–water partition coefficient (Wildman–Crippen LogP) is 3.68. The summed E-state index contributed by atoms with van der Waals surface area (Å²) in [6.45, 7) is 7.38. The van der Waals surface area contributed by atoms with Crippen LogP contribution in [-0.2, 0) is 0 Å². The maximum Gasteiger partial charge on any atom is 0.269 e. The molecule has 18 heavy (non-hydrogen) atoms. The summed E-state index contributed by atoms with van der Waals surface area (Å²) >= 11 is 0. The molecule has 0 amide bonds. The average Bonchev–Trinajstić information content (AvgIpc) is 2.39. The van der Waals surface area contributed by atoms with Crippen LogP contribution in [0.25, 0.3) is 0 Å². The number of non-ortho nitro benzene ring substituents is 1. The van der Waals surface area contributed by atoms with Crippen LogP contribution in [0.4, 0.5) is 5.69 Å². The number of hydrogen-bond donors (Lipinski definition) is 1. The number of nitro groups is 1. The number of nitro benzene ring substituents is 1. The molecule has 1 unspecified atom stereocenters. The zero-order chi connectivity index (χ0) is 13.5. The topological polar surface area (TPSA) is 55.2 Å². The number of benzene rings is 1. The van der Waals surface area contributed by atoms with Gasteiger partial charge in [-0.05, 0) is 24.9 Å². The molecule has 1 rings (SSSR count). The first-order chi connectivity index (χ1) is 8.58. The van der Waals surface area contributed by atoms with Gasteiger partial charge in [-0.2, -0.15) is 0 Å². The van der Waals surface area contributed by atoms with Crippen molar-refractivity contribution in [1.82, 2.24) is 5.32 Å². The van der Waals surface area contributed by atoms with Crippen molar-refractivity contribution >= 4 is 5.69 Å². The lowest BCUT2D eigenvalue weighted by Crippen LogP contribution is -2.25. The number of nitrogens with zero attached hydrogens (tertiary/aromatic N) is 1. The SMILES string of the molecule is CCC(CC)CNC(C)c1cccc([N+](=O)[O-])c1. The minimum atomic E-state index is -0.350. The molecule has 0 saturated carbocycles. The highest BCUT2D eigenvalue weighted by Crippen LogP contribution is 2.19. The summed E-state index contributed by atoms with van der Waals surface area (Å²) in [6.07, 6.45) is 2.32. The molecule has 0 saturated heterocycles. The second kappa shape index (κ2) is 7.11. The van der Waals surface area contributed by atoms with E-state index < -0.39 is 0 Å². The third-order valence-corrected chi connectivity index (χ3v) is 3.45. The van der Waals surface area contributed by atoms with E-state index in [1.165, 1.54) is 6.07 Å². The Kier molecular flexibility index (Phi) is 5.78. The molecule has 0 heterocycles. The standard InChI is InChI=1S/C14H22N2O2/c1-4-12(5-2)10-15-11(3)13-7-6-8-14(9-13)16(17)18/h6-9,11-12,15H,4-5,10H2,1-3H3. The molecule has 0 aliphatic carbocycles. The van der Waals surface area contributed by atoms with Crippen LogP contribution in [0, 0.1) is 16.0 Å². The highest BCUT2D eigenvalue weighted by Gasteiger charge is 2.11. The van der Waals surface area contributed by atoms with Crippen LogP contribution in [0.5, 0.6) is 0 Å². The summed E-state index contributed by atoms with van der Waals surface area (Å²) in [5.41, 5.74) is 1.12. The molecular weight excluding hydrogens is 228 g/mol. The van der Waals surface area contributed by atoms with Gasteiger partial charge in [0.1, 0.15) is 0 Å². The molecule has 0 aliphatic heterocycles. The molecule has 0 bridgehead atoms. The summed E-state index contributed by atoms with van der Waals surface area (Å²) in [6, 6.07) is 6.98. The van der Waals surface area contributed by atoms with E-state index in [-0.39, 0.29) is 16.7 Å². The van der Waals surface area contributed by atoms with E-state index in [9.17, 15) is 10.1 Å². The molecule has 4 nitrogen and oxygen atoms in total. The normalized spacial score (nSPS) is 12.7. The first-order valence-corrected chi connectivity index (χ1v) is 6.56. The monoisotopic (exact) mass is 250 g/mol. The molecule has 100 valence electrons. The van der Waals surface area contributed by atoms with Gasteiger partial charge in [-0.15, -0.1) is 0 Å². The zero-order valence-electron chi connectivity index (χ0n) is 11.3. The van der Waals surface area contributed by atoms with Crippen molar-refractivity contribution < 1.29 is 4.92 Å². The van der Waals surface area contributed by atoms with Gasteiger partial charge < -0.3 is 5.32 Å². The molecule has 0 aliphatic rings. The Morgan fingerprint density at radius 3 is 2.56 bits per heavy atom. The molecule has 0 radical (unpaired) electrons. The highest BCUT2D eigenvalue weighted by atomic mass is 16.6. The van der Waals surface area contributed by atoms with Gasteiger partial charge in [0.25, 0.3) is 5.69 Å². The van der Waals surface area contributed by atoms with Crippen molar-refractivity contribution in [3.05, 3.63) is 39.9 Å². The van der Waals surface area contributed by atoms with Gasteiger partial charge in [-0.3, -0.25) is 10.1 Å². The van der Waals surface area contributed by atoms with Crippen molar-refractivity contribution in [3.8, 4) is 0 Å². The minimum Gasteiger partial charge on any atom is -0.310 e. The summed E-state index contributed by atoms with van der Waals surface area (Å²) in [5.74, 6) is 0.672. The second-order valence-electron chi connectivity index (χ2n) is 4.66. The Hall–Kier alpha value is -1.42. The molecule has 4 heteroatoms. The van der Waals surface area contributed by atoms with Crippen molar-refractivity contribution in [1.29, 1.82) is 0 Å². The Morgan fingerprint density at radius 2 is 2.00 bits per heavy atom. The fourth-order valence-corrected chi connectivity index (χ4v) is 1.95. The van der Waals surface area contributed by atoms with E-state index in [4.69, 9.17) is 0 Å². The van der Waals surface area contributed by atoms with Crippen molar-refractivity contribution in [3.63, 3.8) is 0 Å². The fraction of sp³-hybridized carbons (Fsp3) is 0.571. The third kappa shape index (κ3) is 4.11. The van der Waals surface area contributed by atoms with Crippen LogP contribution in [0.2, 0.25) is 0 Å². The van der Waals surface area contributed by atoms with E-state index in [0.717, 1.165) is 24.9 Å². The smallest absolute Gasteiger partial charge is 0.269 e. The average molecular weight is 250 g/mol. The summed E-state index contributed by atoms with van der Waals surface area (Å²) in [7, 11) is 0. The Morgan fingerprint density at radius 1 is 1.33 bits per heavy atom. The number of nitrogens with one attached hydrogen (secondary N) is 1. The summed E-state index contributed by atoms with van der Waals surface area (Å²) in [4.78, 5) is 10.4. The summed E-state index contributed by atoms with van der Waals surface area (Å²) < 4.78 is 0. The van der Waals surface area contributed by atoms with Crippen LogP contribution >= 0.6 is 0 Å². The van der Waals surface area contributed by atoms with Gasteiger partial charge in [0.15, 0.2) is 0 Å². The van der Waals surface area contributed by atoms with Crippen molar-refractivity contribution in [2.24, 2.45) is 5.92 Å². The third-order valence-electron chi connectivity index (χ3n) is 3.45. The Labute approximate surface area is 109 Å². The highest BCUT2D eigenvalue weighted by molar-refractivity contribution is 5.35. The Balaban J connectivity index is 2.63. The number of rotatable bonds is 7. The fourth-order valence-electron chi connectivity index (χ4n) is 1.95. The van der Waals surface area contributed by atoms with E-state index in [0.29, 0.717) is 5.92 Å². The van der Waals surface area contributed by atoms with E-state index in [1.807, 2.05) is 13.0 Å². The van der Waals surface area contributed by atoms with Crippen LogP contribution in [-0.4, -0.2) is 11.5 Å². The quantitative estimate of drug-likeness (QED) is 0.593. The van der Waals surface area contributed by atoms with Crippen LogP contribution in [0.1, 0.15) is 45.2 Å². The van der Waals surface area contributed by atoms with E-state index in [1.54, 1.807) is 12.1 Å². The van der Waals surface area contributed by atoms with Gasteiger partial charge in [-0.1, -0.05) is 38.8 Å². The van der Waals surface area contributed by atoms with Gasteiger partial charge >= 0.3 is 0 Å². The largest absolute Gasteiger partial charge is 0.310 e. The molecule has 1 N–H and O–H groups in total. The van der Waals surface area contributed by atoms with Gasteiger partial charge in [0, 0.05) is 18.2 Å². The molecule has 0 aromatic heterocycles. The first kappa shape index (κ1) is 14.6. The maximum absolute atomic E-state index is 10.7. The molecule has 0 fully saturated rings. The van der Waals surface area contributed by atoms with Gasteiger partial charge in [0.05, 0.1) is 4.92 Å².